The van der Waals surface area contributed by atoms with Gasteiger partial charge in [0, 0.05) is 0 Å². The number of carbonyl (C=O) groups excluding carboxylic acids is 4. The van der Waals surface area contributed by atoms with E-state index in [-0.39, 0.29) is 33.3 Å². The Morgan fingerprint density at radius 3 is 1.12 bits per heavy atom. The molecule has 274 valence electrons. The van der Waals surface area contributed by atoms with Crippen molar-refractivity contribution in [1.82, 2.24) is 9.80 Å². The highest BCUT2D eigenvalue weighted by Crippen LogP contribution is 2.54. The van der Waals surface area contributed by atoms with Crippen LogP contribution in [-0.4, -0.2) is 87.4 Å². The zero-order chi connectivity index (χ0) is 37.5. The van der Waals surface area contributed by atoms with Crippen LogP contribution in [0.1, 0.15) is 83.1 Å². The number of ether oxygens (including phenoxy) is 2. The molecule has 0 aromatic rings. The predicted octanol–water partition coefficient (Wildman–Crippen LogP) is 7.69. The van der Waals surface area contributed by atoms with Gasteiger partial charge in [0.2, 0.25) is 11.8 Å². The molecule has 6 unspecified atom stereocenters. The largest absolute Gasteiger partial charge is 0.464 e. The first-order valence-electron chi connectivity index (χ1n) is 16.5. The normalized spacial score (nSPS) is 23.1. The van der Waals surface area contributed by atoms with Crippen LogP contribution in [0.2, 0.25) is 36.3 Å². The minimum atomic E-state index is -2.25. The fourth-order valence-electron chi connectivity index (χ4n) is 5.34. The molecule has 14 heteroatoms. The van der Waals surface area contributed by atoms with Crippen molar-refractivity contribution in [3.8, 4) is 0 Å². The van der Waals surface area contributed by atoms with Crippen molar-refractivity contribution in [2.24, 2.45) is 11.8 Å². The highest BCUT2D eigenvalue weighted by molar-refractivity contribution is 8.77. The maximum atomic E-state index is 14.0. The Hall–Kier alpha value is -1.59. The smallest absolute Gasteiger partial charge is 0.354 e. The van der Waals surface area contributed by atoms with E-state index in [9.17, 15) is 19.2 Å². The van der Waals surface area contributed by atoms with E-state index >= 15 is 0 Å². The molecule has 0 N–H and O–H groups in total. The molecule has 0 bridgehead atoms. The van der Waals surface area contributed by atoms with Crippen LogP contribution in [0.3, 0.4) is 0 Å². The number of nitrogens with zero attached hydrogens (tertiary/aromatic N) is 2. The Morgan fingerprint density at radius 1 is 0.646 bits per heavy atom. The molecule has 6 atom stereocenters. The summed E-state index contributed by atoms with van der Waals surface area (Å²) in [5, 5.41) is -1.15. The fraction of sp³-hybridized carbons (Fsp3) is 0.765. The van der Waals surface area contributed by atoms with Gasteiger partial charge in [-0.2, -0.15) is 0 Å². The van der Waals surface area contributed by atoms with Gasteiger partial charge in [0.1, 0.15) is 22.1 Å². The van der Waals surface area contributed by atoms with E-state index in [1.54, 1.807) is 27.7 Å². The number of amides is 2. The molecule has 2 rings (SSSR count). The summed E-state index contributed by atoms with van der Waals surface area (Å²) in [6.45, 7) is 32.5. The first-order chi connectivity index (χ1) is 21.7. The van der Waals surface area contributed by atoms with Gasteiger partial charge in [-0.1, -0.05) is 63.1 Å². The highest BCUT2D eigenvalue weighted by Gasteiger charge is 2.59. The second-order valence-electron chi connectivity index (χ2n) is 16.3. The van der Waals surface area contributed by atoms with Gasteiger partial charge in [-0.05, 0) is 89.0 Å². The maximum absolute atomic E-state index is 14.0. The zero-order valence-electron chi connectivity index (χ0n) is 32.4. The van der Waals surface area contributed by atoms with Crippen molar-refractivity contribution in [1.29, 1.82) is 0 Å². The molecule has 0 aromatic heterocycles. The molecule has 0 saturated carbocycles. The topological polar surface area (TPSA) is 112 Å². The van der Waals surface area contributed by atoms with Crippen LogP contribution in [0.25, 0.3) is 0 Å². The van der Waals surface area contributed by atoms with Gasteiger partial charge >= 0.3 is 11.9 Å². The number of allylic oxidation sites excluding steroid dienone is 2. The van der Waals surface area contributed by atoms with Crippen LogP contribution in [0.15, 0.2) is 22.5 Å². The average molecular weight is 745 g/mol. The lowest BCUT2D eigenvalue weighted by molar-refractivity contribution is -0.158. The summed E-state index contributed by atoms with van der Waals surface area (Å²) >= 11 is 0. The summed E-state index contributed by atoms with van der Waals surface area (Å²) in [5.74, 6) is -2.72. The molecule has 2 aliphatic heterocycles. The van der Waals surface area contributed by atoms with E-state index < -0.39 is 63.4 Å². The minimum Gasteiger partial charge on any atom is -0.464 e. The Labute approximate surface area is 299 Å². The molecular weight excluding hydrogens is 685 g/mol. The Kier molecular flexibility index (Phi) is 13.6. The number of methoxy groups -OCH3 is 2. The highest BCUT2D eigenvalue weighted by atomic mass is 33.1. The zero-order valence-corrected chi connectivity index (χ0v) is 36.1. The van der Waals surface area contributed by atoms with Crippen molar-refractivity contribution in [2.45, 2.75) is 142 Å². The third-order valence-electron chi connectivity index (χ3n) is 10.2. The minimum absolute atomic E-state index is 0.0723. The molecule has 2 aliphatic rings. The lowest BCUT2D eigenvalue weighted by Gasteiger charge is -2.53. The first-order valence-corrected chi connectivity index (χ1v) is 24.6. The second-order valence-corrected chi connectivity index (χ2v) is 28.3. The Balaban J connectivity index is 2.61. The van der Waals surface area contributed by atoms with Crippen molar-refractivity contribution in [3.05, 3.63) is 22.5 Å². The maximum Gasteiger partial charge on any atom is 0.354 e. The summed E-state index contributed by atoms with van der Waals surface area (Å²) in [4.78, 5) is 56.9. The second kappa shape index (κ2) is 15.3. The van der Waals surface area contributed by atoms with E-state index in [4.69, 9.17) is 18.3 Å². The van der Waals surface area contributed by atoms with Gasteiger partial charge in [-0.15, -0.1) is 0 Å². The van der Waals surface area contributed by atoms with Crippen molar-refractivity contribution in [3.63, 3.8) is 0 Å². The van der Waals surface area contributed by atoms with E-state index in [1.807, 2.05) is 13.8 Å². The number of β-lactam (4-membered cyclic amide) rings is 2. The van der Waals surface area contributed by atoms with Crippen LogP contribution < -0.4 is 0 Å². The summed E-state index contributed by atoms with van der Waals surface area (Å²) in [5.41, 5.74) is 1.69. The van der Waals surface area contributed by atoms with Crippen LogP contribution in [0.4, 0.5) is 0 Å². The Bertz CT molecular complexity index is 1230. The molecule has 2 saturated heterocycles. The monoisotopic (exact) mass is 744 g/mol. The van der Waals surface area contributed by atoms with Crippen LogP contribution >= 0.6 is 21.6 Å². The van der Waals surface area contributed by atoms with Gasteiger partial charge in [0.15, 0.2) is 16.6 Å². The number of hydrogen-bond acceptors (Lipinski definition) is 10. The van der Waals surface area contributed by atoms with Crippen LogP contribution in [-0.2, 0) is 37.5 Å². The molecule has 10 nitrogen and oxygen atoms in total. The number of carbonyl (C=O) groups is 4. The van der Waals surface area contributed by atoms with E-state index in [0.29, 0.717) is 11.1 Å². The molecule has 48 heavy (non-hydrogen) atoms. The molecule has 0 aliphatic carbocycles. The van der Waals surface area contributed by atoms with Crippen molar-refractivity contribution >= 4 is 62.0 Å². The third kappa shape index (κ3) is 8.47. The summed E-state index contributed by atoms with van der Waals surface area (Å²) in [6, 6.07) is 0. The van der Waals surface area contributed by atoms with Gasteiger partial charge < -0.3 is 18.3 Å². The Morgan fingerprint density at radius 2 is 0.917 bits per heavy atom. The fourth-order valence-corrected chi connectivity index (χ4v) is 11.9. The first kappa shape index (κ1) is 42.6. The number of hydrogen-bond donors (Lipinski definition) is 0. The molecular formula is C34H60N2O8S2Si2. The quantitative estimate of drug-likeness (QED) is 0.0612. The molecule has 2 heterocycles. The lowest BCUT2D eigenvalue weighted by Crippen LogP contribution is -2.66. The van der Waals surface area contributed by atoms with E-state index in [0.717, 1.165) is 0 Å². The van der Waals surface area contributed by atoms with Gasteiger partial charge in [-0.25, -0.2) is 9.59 Å². The van der Waals surface area contributed by atoms with Gasteiger partial charge in [-0.3, -0.25) is 19.4 Å². The number of esters is 2. The van der Waals surface area contributed by atoms with Gasteiger partial charge in [0.05, 0.1) is 38.3 Å². The van der Waals surface area contributed by atoms with Gasteiger partial charge in [0.25, 0.3) is 0 Å². The summed E-state index contributed by atoms with van der Waals surface area (Å²) in [7, 11) is 0.895. The van der Waals surface area contributed by atoms with Crippen LogP contribution in [0.5, 0.6) is 0 Å². The summed E-state index contributed by atoms with van der Waals surface area (Å²) < 4.78 is 23.6. The predicted molar refractivity (Wildman–Crippen MR) is 200 cm³/mol. The van der Waals surface area contributed by atoms with E-state index in [2.05, 4.69) is 67.7 Å². The van der Waals surface area contributed by atoms with Crippen molar-refractivity contribution in [2.75, 3.05) is 14.2 Å². The standard InChI is InChI=1S/C34H60N2O8S2Si2/c1-19(2)25(31(39)41-13)35-27(37)23(21(5)43-47(15,16)33(7,8)9)29(35)45-46-30-24(22(6)44-48(17,18)34(10,11)12)28(38)36(30)26(20(3)4)32(40)42-14/h21-24,29-30H,1-18H3. The molecule has 0 radical (unpaired) electrons. The number of likely N-dealkylation sites (tertiary alicyclic amines) is 2. The van der Waals surface area contributed by atoms with Crippen molar-refractivity contribution < 1.29 is 37.5 Å². The van der Waals surface area contributed by atoms with Crippen LogP contribution in [0, 0.1) is 11.8 Å². The summed E-state index contributed by atoms with van der Waals surface area (Å²) in [6.07, 6.45) is -0.856. The number of rotatable bonds is 13. The average Bonchev–Trinajstić information content (AvgIpc) is 2.92. The molecule has 2 fully saturated rings. The SMILES string of the molecule is COC(=O)C(=C(C)C)N1C(=O)C(C(C)O[Si](C)(C)C(C)(C)C)C1SSC1C(C(C)O[Si](C)(C)C(C)(C)C)C(=O)N1C(C(=O)OC)=C(C)C. The molecule has 0 spiro atoms. The third-order valence-corrected chi connectivity index (χ3v) is 22.4. The van der Waals surface area contributed by atoms with E-state index in [1.165, 1.54) is 45.6 Å². The molecule has 2 amide bonds. The molecule has 0 aromatic carbocycles. The lowest BCUT2D eigenvalue weighted by atomic mass is 9.91.